The van der Waals surface area contributed by atoms with Gasteiger partial charge in [-0.3, -0.25) is 0 Å². The number of rotatable bonds is 5. The standard InChI is InChI=1S/C16H27N/c1-6-14-7-9-15(10-8-14)12-17-11-13(2)16(3,4)5/h7-10,13,17H,6,11-12H2,1-5H3. The third kappa shape index (κ3) is 4.91. The topological polar surface area (TPSA) is 12.0 Å². The molecule has 96 valence electrons. The van der Waals surface area contributed by atoms with Crippen molar-refractivity contribution in [2.24, 2.45) is 11.3 Å². The van der Waals surface area contributed by atoms with Crippen molar-refractivity contribution >= 4 is 0 Å². The molecule has 1 unspecified atom stereocenters. The van der Waals surface area contributed by atoms with Crippen molar-refractivity contribution in [1.82, 2.24) is 5.32 Å². The summed E-state index contributed by atoms with van der Waals surface area (Å²) in [6.07, 6.45) is 1.12. The zero-order chi connectivity index (χ0) is 12.9. The van der Waals surface area contributed by atoms with Gasteiger partial charge in [0.05, 0.1) is 0 Å². The third-order valence-corrected chi connectivity index (χ3v) is 3.69. The summed E-state index contributed by atoms with van der Waals surface area (Å²) in [7, 11) is 0. The molecule has 1 aromatic rings. The van der Waals surface area contributed by atoms with Gasteiger partial charge in [-0.1, -0.05) is 58.9 Å². The van der Waals surface area contributed by atoms with E-state index in [-0.39, 0.29) is 0 Å². The van der Waals surface area contributed by atoms with Gasteiger partial charge in [0, 0.05) is 6.54 Å². The van der Waals surface area contributed by atoms with E-state index in [9.17, 15) is 0 Å². The summed E-state index contributed by atoms with van der Waals surface area (Å²) in [5.74, 6) is 0.692. The van der Waals surface area contributed by atoms with Crippen molar-refractivity contribution in [1.29, 1.82) is 0 Å². The first-order valence-corrected chi connectivity index (χ1v) is 6.72. The minimum Gasteiger partial charge on any atom is -0.312 e. The molecule has 0 radical (unpaired) electrons. The third-order valence-electron chi connectivity index (χ3n) is 3.69. The highest BCUT2D eigenvalue weighted by atomic mass is 14.9. The Morgan fingerprint density at radius 2 is 1.59 bits per heavy atom. The monoisotopic (exact) mass is 233 g/mol. The first kappa shape index (κ1) is 14.2. The smallest absolute Gasteiger partial charge is 0.0205 e. The maximum absolute atomic E-state index is 3.55. The predicted octanol–water partition coefficient (Wildman–Crippen LogP) is 4.02. The van der Waals surface area contributed by atoms with Crippen molar-refractivity contribution in [2.45, 2.75) is 47.6 Å². The second kappa shape index (κ2) is 6.20. The fraction of sp³-hybridized carbons (Fsp3) is 0.625. The highest BCUT2D eigenvalue weighted by Crippen LogP contribution is 2.24. The lowest BCUT2D eigenvalue weighted by atomic mass is 9.82. The molecule has 0 fully saturated rings. The van der Waals surface area contributed by atoms with Gasteiger partial charge in [0.25, 0.3) is 0 Å². The van der Waals surface area contributed by atoms with Crippen molar-refractivity contribution in [3.05, 3.63) is 35.4 Å². The van der Waals surface area contributed by atoms with Crippen LogP contribution in [0.4, 0.5) is 0 Å². The first-order chi connectivity index (χ1) is 7.93. The number of hydrogen-bond donors (Lipinski definition) is 1. The van der Waals surface area contributed by atoms with Crippen LogP contribution in [0.15, 0.2) is 24.3 Å². The van der Waals surface area contributed by atoms with Crippen LogP contribution in [0.25, 0.3) is 0 Å². The van der Waals surface area contributed by atoms with Crippen LogP contribution < -0.4 is 5.32 Å². The summed E-state index contributed by atoms with van der Waals surface area (Å²) < 4.78 is 0. The highest BCUT2D eigenvalue weighted by molar-refractivity contribution is 5.22. The fourth-order valence-electron chi connectivity index (χ4n) is 1.63. The van der Waals surface area contributed by atoms with Gasteiger partial charge in [-0.05, 0) is 35.4 Å². The molecule has 0 aliphatic carbocycles. The van der Waals surface area contributed by atoms with Gasteiger partial charge < -0.3 is 5.32 Å². The molecule has 0 heterocycles. The Kier molecular flexibility index (Phi) is 5.20. The molecule has 0 spiro atoms. The van der Waals surface area contributed by atoms with E-state index in [1.165, 1.54) is 11.1 Å². The number of aryl methyl sites for hydroxylation is 1. The van der Waals surface area contributed by atoms with E-state index in [2.05, 4.69) is 64.2 Å². The second-order valence-corrected chi connectivity index (χ2v) is 6.07. The molecule has 0 bridgehead atoms. The molecule has 0 aromatic heterocycles. The molecule has 0 amide bonds. The number of nitrogens with one attached hydrogen (secondary N) is 1. The van der Waals surface area contributed by atoms with E-state index in [4.69, 9.17) is 0 Å². The Bertz CT molecular complexity index is 318. The van der Waals surface area contributed by atoms with Crippen molar-refractivity contribution in [3.8, 4) is 0 Å². The summed E-state index contributed by atoms with van der Waals surface area (Å²) in [5, 5.41) is 3.55. The Labute approximate surface area is 107 Å². The molecule has 1 heteroatoms. The number of hydrogen-bond acceptors (Lipinski definition) is 1. The summed E-state index contributed by atoms with van der Waals surface area (Å²) in [4.78, 5) is 0. The second-order valence-electron chi connectivity index (χ2n) is 6.07. The molecule has 17 heavy (non-hydrogen) atoms. The maximum Gasteiger partial charge on any atom is 0.0205 e. The lowest BCUT2D eigenvalue weighted by Gasteiger charge is -2.27. The van der Waals surface area contributed by atoms with Gasteiger partial charge >= 0.3 is 0 Å². The van der Waals surface area contributed by atoms with Gasteiger partial charge in [-0.2, -0.15) is 0 Å². The maximum atomic E-state index is 3.55. The quantitative estimate of drug-likeness (QED) is 0.810. The summed E-state index contributed by atoms with van der Waals surface area (Å²) in [5.41, 5.74) is 3.18. The van der Waals surface area contributed by atoms with E-state index in [0.717, 1.165) is 19.5 Å². The van der Waals surface area contributed by atoms with Crippen LogP contribution in [0.2, 0.25) is 0 Å². The van der Waals surface area contributed by atoms with Crippen LogP contribution in [0, 0.1) is 11.3 Å². The van der Waals surface area contributed by atoms with Crippen LogP contribution >= 0.6 is 0 Å². The van der Waals surface area contributed by atoms with Crippen LogP contribution in [-0.2, 0) is 13.0 Å². The number of benzene rings is 1. The first-order valence-electron chi connectivity index (χ1n) is 6.72. The Balaban J connectivity index is 2.35. The molecule has 1 aromatic carbocycles. The predicted molar refractivity (Wildman–Crippen MR) is 76.1 cm³/mol. The normalized spacial score (nSPS) is 13.7. The lowest BCUT2D eigenvalue weighted by Crippen LogP contribution is -2.29. The summed E-state index contributed by atoms with van der Waals surface area (Å²) >= 11 is 0. The van der Waals surface area contributed by atoms with E-state index in [0.29, 0.717) is 11.3 Å². The zero-order valence-corrected chi connectivity index (χ0v) is 12.0. The molecule has 1 N–H and O–H groups in total. The van der Waals surface area contributed by atoms with E-state index >= 15 is 0 Å². The molecule has 0 saturated heterocycles. The Morgan fingerprint density at radius 1 is 1.06 bits per heavy atom. The van der Waals surface area contributed by atoms with E-state index in [1.807, 2.05) is 0 Å². The van der Waals surface area contributed by atoms with Crippen molar-refractivity contribution in [3.63, 3.8) is 0 Å². The van der Waals surface area contributed by atoms with Gasteiger partial charge in [-0.25, -0.2) is 0 Å². The molecule has 0 saturated carbocycles. The Hall–Kier alpha value is -0.820. The molecule has 1 atom stereocenters. The molecule has 1 nitrogen and oxygen atoms in total. The fourth-order valence-corrected chi connectivity index (χ4v) is 1.63. The molecular weight excluding hydrogens is 206 g/mol. The Morgan fingerprint density at radius 3 is 2.06 bits per heavy atom. The molecule has 1 rings (SSSR count). The SMILES string of the molecule is CCc1ccc(CNCC(C)C(C)(C)C)cc1. The minimum atomic E-state index is 0.388. The van der Waals surface area contributed by atoms with E-state index in [1.54, 1.807) is 0 Å². The van der Waals surface area contributed by atoms with Gasteiger partial charge in [-0.15, -0.1) is 0 Å². The van der Waals surface area contributed by atoms with Crippen LogP contribution in [0.5, 0.6) is 0 Å². The largest absolute Gasteiger partial charge is 0.312 e. The highest BCUT2D eigenvalue weighted by Gasteiger charge is 2.18. The van der Waals surface area contributed by atoms with Crippen LogP contribution in [0.3, 0.4) is 0 Å². The van der Waals surface area contributed by atoms with Crippen molar-refractivity contribution in [2.75, 3.05) is 6.54 Å². The average Bonchev–Trinajstić information content (AvgIpc) is 2.28. The molecule has 0 aliphatic heterocycles. The summed E-state index contributed by atoms with van der Waals surface area (Å²) in [6, 6.07) is 8.91. The van der Waals surface area contributed by atoms with Gasteiger partial charge in [0.1, 0.15) is 0 Å². The van der Waals surface area contributed by atoms with Crippen LogP contribution in [-0.4, -0.2) is 6.54 Å². The molecule has 0 aliphatic rings. The van der Waals surface area contributed by atoms with Gasteiger partial charge in [0.2, 0.25) is 0 Å². The van der Waals surface area contributed by atoms with Crippen LogP contribution in [0.1, 0.15) is 45.7 Å². The minimum absolute atomic E-state index is 0.388. The van der Waals surface area contributed by atoms with Crippen molar-refractivity contribution < 1.29 is 0 Å². The summed E-state index contributed by atoms with van der Waals surface area (Å²) in [6.45, 7) is 13.5. The van der Waals surface area contributed by atoms with Gasteiger partial charge in [0.15, 0.2) is 0 Å². The van der Waals surface area contributed by atoms with E-state index < -0.39 is 0 Å². The molecular formula is C16H27N. The lowest BCUT2D eigenvalue weighted by molar-refractivity contribution is 0.252. The average molecular weight is 233 g/mol. The zero-order valence-electron chi connectivity index (χ0n) is 12.0.